The molecule has 0 N–H and O–H groups in total. The number of nitrogens with zero attached hydrogens (tertiary/aromatic N) is 1. The van der Waals surface area contributed by atoms with Crippen LogP contribution in [0.25, 0.3) is 0 Å². The van der Waals surface area contributed by atoms with Crippen molar-refractivity contribution in [3.8, 4) is 0 Å². The summed E-state index contributed by atoms with van der Waals surface area (Å²) < 4.78 is 26.5. The first-order valence-corrected chi connectivity index (χ1v) is 12.1. The van der Waals surface area contributed by atoms with Crippen LogP contribution in [-0.4, -0.2) is 38.6 Å². The van der Waals surface area contributed by atoms with Gasteiger partial charge in [0.15, 0.2) is 0 Å². The van der Waals surface area contributed by atoms with Crippen molar-refractivity contribution in [2.75, 3.05) is 5.75 Å². The molecule has 98 valence electrons. The summed E-state index contributed by atoms with van der Waals surface area (Å²) in [6.07, 6.45) is 3.84. The van der Waals surface area contributed by atoms with Crippen molar-refractivity contribution in [1.82, 2.24) is 4.31 Å². The first-order chi connectivity index (χ1) is 7.80. The van der Waals surface area contributed by atoms with E-state index < -0.39 is 18.1 Å². The van der Waals surface area contributed by atoms with E-state index in [2.05, 4.69) is 19.6 Å². The molecule has 0 spiro atoms. The van der Waals surface area contributed by atoms with Crippen LogP contribution in [0.1, 0.15) is 19.3 Å². The lowest BCUT2D eigenvalue weighted by atomic mass is 10.0. The first-order valence-electron chi connectivity index (χ1n) is 6.81. The zero-order valence-electron chi connectivity index (χ0n) is 11.0. The summed E-state index contributed by atoms with van der Waals surface area (Å²) >= 11 is 0. The van der Waals surface area contributed by atoms with Gasteiger partial charge < -0.3 is 0 Å². The molecule has 3 nitrogen and oxygen atoms in total. The van der Waals surface area contributed by atoms with E-state index in [1.54, 1.807) is 0 Å². The summed E-state index contributed by atoms with van der Waals surface area (Å²) in [5.74, 6) is 1.80. The summed E-state index contributed by atoms with van der Waals surface area (Å²) in [5, 5.41) is 0. The Morgan fingerprint density at radius 3 is 2.12 bits per heavy atom. The van der Waals surface area contributed by atoms with E-state index in [0.29, 0.717) is 29.7 Å². The SMILES string of the molecule is C[Si](C)(C)CCS(=O)(=O)N1[C@@H]2[C@H]3CC[C@H](C3)[C@@H]21. The lowest BCUT2D eigenvalue weighted by Crippen LogP contribution is -2.29. The van der Waals surface area contributed by atoms with Gasteiger partial charge in [0.05, 0.1) is 5.75 Å². The smallest absolute Gasteiger partial charge is 0.212 e. The third-order valence-electron chi connectivity index (χ3n) is 4.76. The topological polar surface area (TPSA) is 37.1 Å². The summed E-state index contributed by atoms with van der Waals surface area (Å²) in [4.78, 5) is 0. The minimum atomic E-state index is -2.94. The van der Waals surface area contributed by atoms with Gasteiger partial charge in [0.2, 0.25) is 10.0 Å². The zero-order valence-corrected chi connectivity index (χ0v) is 12.8. The van der Waals surface area contributed by atoms with E-state index in [-0.39, 0.29) is 0 Å². The van der Waals surface area contributed by atoms with Gasteiger partial charge in [-0.2, -0.15) is 4.31 Å². The minimum Gasteiger partial charge on any atom is -0.212 e. The summed E-state index contributed by atoms with van der Waals surface area (Å²) in [6.45, 7) is 6.74. The van der Waals surface area contributed by atoms with Crippen molar-refractivity contribution in [1.29, 1.82) is 0 Å². The average Bonchev–Trinajstić information content (AvgIpc) is 2.69. The number of sulfonamides is 1. The van der Waals surface area contributed by atoms with Gasteiger partial charge in [0, 0.05) is 20.2 Å². The third kappa shape index (κ3) is 2.00. The second-order valence-electron chi connectivity index (χ2n) is 7.27. The molecule has 3 rings (SSSR count). The maximum Gasteiger partial charge on any atom is 0.214 e. The highest BCUT2D eigenvalue weighted by Gasteiger charge is 2.67. The average molecular weight is 273 g/mol. The number of fused-ring (bicyclic) bond motifs is 5. The monoisotopic (exact) mass is 273 g/mol. The number of hydrogen-bond acceptors (Lipinski definition) is 2. The Kier molecular flexibility index (Phi) is 2.56. The van der Waals surface area contributed by atoms with Crippen LogP contribution in [0.15, 0.2) is 0 Å². The van der Waals surface area contributed by atoms with Crippen LogP contribution in [0.2, 0.25) is 25.7 Å². The fourth-order valence-corrected chi connectivity index (χ4v) is 8.78. The maximum absolute atomic E-state index is 12.3. The van der Waals surface area contributed by atoms with Gasteiger partial charge in [0.25, 0.3) is 0 Å². The Bertz CT molecular complexity index is 412. The van der Waals surface area contributed by atoms with Crippen LogP contribution in [0.4, 0.5) is 0 Å². The fourth-order valence-electron chi connectivity index (χ4n) is 3.80. The van der Waals surface area contributed by atoms with Crippen LogP contribution in [0.3, 0.4) is 0 Å². The van der Waals surface area contributed by atoms with Gasteiger partial charge in [-0.05, 0) is 37.1 Å². The maximum atomic E-state index is 12.3. The van der Waals surface area contributed by atoms with Gasteiger partial charge in [-0.3, -0.25) is 0 Å². The Hall–Kier alpha value is 0.127. The molecule has 5 heteroatoms. The normalized spacial score (nSPS) is 43.8. The number of piperidine rings is 1. The third-order valence-corrected chi connectivity index (χ3v) is 8.72. The Labute approximate surface area is 106 Å². The second-order valence-corrected chi connectivity index (χ2v) is 14.9. The molecular formula is C12H23NO2SSi. The molecule has 1 unspecified atom stereocenters. The molecule has 0 aromatic rings. The van der Waals surface area contributed by atoms with Gasteiger partial charge in [-0.15, -0.1) is 0 Å². The molecule has 3 fully saturated rings. The van der Waals surface area contributed by atoms with Crippen molar-refractivity contribution >= 4 is 18.1 Å². The fraction of sp³-hybridized carbons (Fsp3) is 1.00. The van der Waals surface area contributed by atoms with E-state index in [4.69, 9.17) is 0 Å². The van der Waals surface area contributed by atoms with Crippen LogP contribution in [0.5, 0.6) is 0 Å². The molecule has 1 aliphatic heterocycles. The van der Waals surface area contributed by atoms with Crippen molar-refractivity contribution < 1.29 is 8.42 Å². The molecule has 2 aliphatic carbocycles. The standard InChI is InChI=1S/C12H23NO2SSi/c1-17(2,3)7-6-16(14,15)13-11-9-4-5-10(8-9)12(11)13/h9-12H,4-8H2,1-3H3/t9-,10+,11+,12-,13?. The molecular weight excluding hydrogens is 250 g/mol. The summed E-state index contributed by atoms with van der Waals surface area (Å²) in [7, 11) is -4.18. The molecule has 1 heterocycles. The number of hydrogen-bond donors (Lipinski definition) is 0. The molecule has 0 amide bonds. The van der Waals surface area contributed by atoms with Crippen molar-refractivity contribution in [3.63, 3.8) is 0 Å². The first kappa shape index (κ1) is 12.2. The van der Waals surface area contributed by atoms with E-state index in [0.717, 1.165) is 6.04 Å². The quantitative estimate of drug-likeness (QED) is 0.581. The van der Waals surface area contributed by atoms with Gasteiger partial charge in [-0.25, -0.2) is 8.42 Å². The highest BCUT2D eigenvalue weighted by molar-refractivity contribution is 7.89. The van der Waals surface area contributed by atoms with E-state index in [1.807, 2.05) is 4.31 Å². The molecule has 3 aliphatic rings. The Balaban J connectivity index is 1.66. The summed E-state index contributed by atoms with van der Waals surface area (Å²) in [6, 6.07) is 1.74. The molecule has 0 aromatic carbocycles. The molecule has 0 radical (unpaired) electrons. The Morgan fingerprint density at radius 1 is 1.12 bits per heavy atom. The van der Waals surface area contributed by atoms with Crippen molar-refractivity contribution in [3.05, 3.63) is 0 Å². The van der Waals surface area contributed by atoms with E-state index >= 15 is 0 Å². The minimum absolute atomic E-state index is 0.398. The highest BCUT2D eigenvalue weighted by atomic mass is 32.2. The van der Waals surface area contributed by atoms with E-state index in [9.17, 15) is 8.42 Å². The van der Waals surface area contributed by atoms with Gasteiger partial charge >= 0.3 is 0 Å². The van der Waals surface area contributed by atoms with Crippen LogP contribution >= 0.6 is 0 Å². The molecule has 17 heavy (non-hydrogen) atoms. The highest BCUT2D eigenvalue weighted by Crippen LogP contribution is 2.59. The molecule has 5 atom stereocenters. The Morgan fingerprint density at radius 2 is 1.65 bits per heavy atom. The lowest BCUT2D eigenvalue weighted by molar-refractivity contribution is 0.447. The number of rotatable bonds is 4. The summed E-state index contributed by atoms with van der Waals surface area (Å²) in [5.41, 5.74) is 0. The van der Waals surface area contributed by atoms with Crippen LogP contribution in [-0.2, 0) is 10.0 Å². The van der Waals surface area contributed by atoms with Crippen molar-refractivity contribution in [2.45, 2.75) is 57.0 Å². The zero-order chi connectivity index (χ0) is 12.4. The second kappa shape index (κ2) is 3.58. The molecule has 2 saturated carbocycles. The van der Waals surface area contributed by atoms with Gasteiger partial charge in [-0.1, -0.05) is 19.6 Å². The lowest BCUT2D eigenvalue weighted by Gasteiger charge is -2.17. The predicted molar refractivity (Wildman–Crippen MR) is 72.2 cm³/mol. The predicted octanol–water partition coefficient (Wildman–Crippen LogP) is 2.14. The largest absolute Gasteiger partial charge is 0.214 e. The van der Waals surface area contributed by atoms with Crippen molar-refractivity contribution in [2.24, 2.45) is 11.8 Å². The molecule has 1 saturated heterocycles. The molecule has 0 aromatic heterocycles. The van der Waals surface area contributed by atoms with Gasteiger partial charge in [0.1, 0.15) is 0 Å². The van der Waals surface area contributed by atoms with Crippen LogP contribution < -0.4 is 0 Å². The van der Waals surface area contributed by atoms with Crippen LogP contribution in [0, 0.1) is 11.8 Å². The molecule has 2 bridgehead atoms. The van der Waals surface area contributed by atoms with E-state index in [1.165, 1.54) is 19.3 Å².